The van der Waals surface area contributed by atoms with Crippen molar-refractivity contribution in [3.63, 3.8) is 0 Å². The molecule has 0 aliphatic carbocycles. The number of aryl methyl sites for hydroxylation is 2. The molecule has 7 nitrogen and oxygen atoms in total. The molecule has 0 N–H and O–H groups in total. The summed E-state index contributed by atoms with van der Waals surface area (Å²) in [6, 6.07) is 9.44. The normalized spacial score (nSPS) is 12.4. The predicted molar refractivity (Wildman–Crippen MR) is 106 cm³/mol. The highest BCUT2D eigenvalue weighted by Crippen LogP contribution is 2.31. The van der Waals surface area contributed by atoms with Gasteiger partial charge in [0.25, 0.3) is 5.89 Å². The molecule has 0 saturated heterocycles. The lowest BCUT2D eigenvalue weighted by atomic mass is 10.2. The van der Waals surface area contributed by atoms with Crippen LogP contribution in [-0.2, 0) is 11.3 Å². The Balaban J connectivity index is 1.59. The second kappa shape index (κ2) is 7.37. The molecule has 0 aliphatic heterocycles. The minimum Gasteiger partial charge on any atom is -0.448 e. The van der Waals surface area contributed by atoms with Crippen LogP contribution in [-0.4, -0.2) is 25.9 Å². The number of aromatic nitrogens is 4. The van der Waals surface area contributed by atoms with Gasteiger partial charge in [-0.05, 0) is 38.5 Å². The monoisotopic (exact) mass is 416 g/mol. The van der Waals surface area contributed by atoms with Gasteiger partial charge in [-0.2, -0.15) is 10.1 Å². The van der Waals surface area contributed by atoms with Gasteiger partial charge in [0.05, 0.1) is 12.2 Å². The maximum Gasteiger partial charge on any atom is 0.349 e. The van der Waals surface area contributed by atoms with Gasteiger partial charge in [-0.15, -0.1) is 11.3 Å². The van der Waals surface area contributed by atoms with E-state index < -0.39 is 12.1 Å². The Hall–Kier alpha value is -2.71. The molecule has 0 radical (unpaired) electrons. The molecule has 1 aromatic carbocycles. The second-order valence-corrected chi connectivity index (χ2v) is 7.83. The average molecular weight is 417 g/mol. The zero-order chi connectivity index (χ0) is 19.8. The van der Waals surface area contributed by atoms with Gasteiger partial charge in [-0.1, -0.05) is 35.0 Å². The molecular weight excluding hydrogens is 400 g/mol. The topological polar surface area (TPSA) is 83.0 Å². The van der Waals surface area contributed by atoms with Gasteiger partial charge in [0, 0.05) is 10.4 Å². The molecule has 9 heteroatoms. The number of thiophene rings is 1. The largest absolute Gasteiger partial charge is 0.448 e. The van der Waals surface area contributed by atoms with E-state index in [4.69, 9.17) is 20.9 Å². The highest BCUT2D eigenvalue weighted by Gasteiger charge is 2.22. The van der Waals surface area contributed by atoms with Gasteiger partial charge >= 0.3 is 5.97 Å². The van der Waals surface area contributed by atoms with E-state index >= 15 is 0 Å². The summed E-state index contributed by atoms with van der Waals surface area (Å²) in [4.78, 5) is 18.1. The summed E-state index contributed by atoms with van der Waals surface area (Å²) in [7, 11) is 0. The first kappa shape index (κ1) is 18.6. The highest BCUT2D eigenvalue weighted by atomic mass is 35.5. The smallest absolute Gasteiger partial charge is 0.349 e. The fourth-order valence-electron chi connectivity index (χ4n) is 2.86. The third kappa shape index (κ3) is 3.53. The fourth-order valence-corrected chi connectivity index (χ4v) is 4.10. The first-order valence-electron chi connectivity index (χ1n) is 8.64. The maximum atomic E-state index is 12.6. The molecule has 3 aromatic heterocycles. The van der Waals surface area contributed by atoms with Crippen molar-refractivity contribution in [2.75, 3.05) is 0 Å². The number of hydrogen-bond donors (Lipinski definition) is 0. The van der Waals surface area contributed by atoms with Gasteiger partial charge in [0.15, 0.2) is 11.9 Å². The van der Waals surface area contributed by atoms with Gasteiger partial charge < -0.3 is 9.26 Å². The number of fused-ring (bicyclic) bond motifs is 1. The molecule has 144 valence electrons. The highest BCUT2D eigenvalue weighted by molar-refractivity contribution is 7.20. The van der Waals surface area contributed by atoms with E-state index in [0.717, 1.165) is 21.5 Å². The zero-order valence-corrected chi connectivity index (χ0v) is 17.0. The summed E-state index contributed by atoms with van der Waals surface area (Å²) in [6.07, 6.45) is -0.625. The number of carbonyl (C=O) groups excluding carboxylic acids is 1. The number of hydrogen-bond acceptors (Lipinski definition) is 7. The molecule has 3 heterocycles. The van der Waals surface area contributed by atoms with Crippen LogP contribution in [0.2, 0.25) is 5.02 Å². The SMILES string of the molecule is Cc1noc(C(C)OC(=O)c2cc3c(C)nn(Cc4ccccc4Cl)c3s2)n1. The molecule has 1 unspecified atom stereocenters. The zero-order valence-electron chi connectivity index (χ0n) is 15.5. The maximum absolute atomic E-state index is 12.6. The number of ether oxygens (including phenoxy) is 1. The number of nitrogens with zero attached hydrogens (tertiary/aromatic N) is 4. The summed E-state index contributed by atoms with van der Waals surface area (Å²) in [5.74, 6) is 0.330. The first-order valence-corrected chi connectivity index (χ1v) is 9.83. The van der Waals surface area contributed by atoms with Crippen LogP contribution < -0.4 is 0 Å². The van der Waals surface area contributed by atoms with Crippen molar-refractivity contribution in [1.29, 1.82) is 0 Å². The van der Waals surface area contributed by atoms with Crippen molar-refractivity contribution in [2.24, 2.45) is 0 Å². The molecule has 4 rings (SSSR count). The van der Waals surface area contributed by atoms with Crippen LogP contribution in [0.1, 0.15) is 45.7 Å². The molecule has 0 amide bonds. The number of esters is 1. The summed E-state index contributed by atoms with van der Waals surface area (Å²) in [6.45, 7) is 5.84. The van der Waals surface area contributed by atoms with Crippen molar-refractivity contribution in [3.05, 3.63) is 63.2 Å². The number of halogens is 1. The van der Waals surface area contributed by atoms with Crippen LogP contribution in [0, 0.1) is 13.8 Å². The molecule has 4 aromatic rings. The van der Waals surface area contributed by atoms with E-state index in [1.165, 1.54) is 11.3 Å². The van der Waals surface area contributed by atoms with Crippen LogP contribution >= 0.6 is 22.9 Å². The minimum absolute atomic E-state index is 0.271. The van der Waals surface area contributed by atoms with Crippen LogP contribution in [0.5, 0.6) is 0 Å². The molecule has 0 fully saturated rings. The van der Waals surface area contributed by atoms with Crippen LogP contribution in [0.15, 0.2) is 34.9 Å². The lowest BCUT2D eigenvalue weighted by Gasteiger charge is -2.07. The van der Waals surface area contributed by atoms with Gasteiger partial charge in [-0.25, -0.2) is 4.79 Å². The Labute approximate surface area is 169 Å². The summed E-state index contributed by atoms with van der Waals surface area (Å²) in [5, 5.41) is 9.90. The quantitative estimate of drug-likeness (QED) is 0.438. The average Bonchev–Trinajstić information content (AvgIpc) is 3.35. The number of benzene rings is 1. The molecule has 0 saturated carbocycles. The minimum atomic E-state index is -0.625. The van der Waals surface area contributed by atoms with E-state index in [1.54, 1.807) is 19.9 Å². The summed E-state index contributed by atoms with van der Waals surface area (Å²) >= 11 is 7.61. The van der Waals surface area contributed by atoms with Crippen LogP contribution in [0.4, 0.5) is 0 Å². The lowest BCUT2D eigenvalue weighted by Crippen LogP contribution is -2.08. The van der Waals surface area contributed by atoms with E-state index in [1.807, 2.05) is 35.9 Å². The van der Waals surface area contributed by atoms with Crippen molar-refractivity contribution < 1.29 is 14.1 Å². The molecular formula is C19H17ClN4O3S. The van der Waals surface area contributed by atoms with Crippen molar-refractivity contribution in [3.8, 4) is 0 Å². The molecule has 0 spiro atoms. The number of carbonyl (C=O) groups is 1. The van der Waals surface area contributed by atoms with Crippen molar-refractivity contribution in [1.82, 2.24) is 19.9 Å². The van der Waals surface area contributed by atoms with Gasteiger partial charge in [-0.3, -0.25) is 4.68 Å². The number of rotatable bonds is 5. The van der Waals surface area contributed by atoms with E-state index in [-0.39, 0.29) is 5.89 Å². The Morgan fingerprint density at radius 2 is 2.14 bits per heavy atom. The Bertz CT molecular complexity index is 1160. The molecule has 0 bridgehead atoms. The predicted octanol–water partition coefficient (Wildman–Crippen LogP) is 4.72. The van der Waals surface area contributed by atoms with Gasteiger partial charge in [0.2, 0.25) is 0 Å². The summed E-state index contributed by atoms with van der Waals surface area (Å²) in [5.41, 5.74) is 1.81. The second-order valence-electron chi connectivity index (χ2n) is 6.39. The van der Waals surface area contributed by atoms with Crippen molar-refractivity contribution in [2.45, 2.75) is 33.4 Å². The van der Waals surface area contributed by atoms with E-state index in [0.29, 0.717) is 22.3 Å². The third-order valence-corrected chi connectivity index (χ3v) is 5.76. The van der Waals surface area contributed by atoms with E-state index in [2.05, 4.69) is 15.2 Å². The molecule has 0 aliphatic rings. The van der Waals surface area contributed by atoms with Crippen molar-refractivity contribution >= 4 is 39.1 Å². The fraction of sp³-hybridized carbons (Fsp3) is 0.263. The lowest BCUT2D eigenvalue weighted by molar-refractivity contribution is 0.0271. The Morgan fingerprint density at radius 1 is 1.36 bits per heavy atom. The van der Waals surface area contributed by atoms with Gasteiger partial charge in [0.1, 0.15) is 9.71 Å². The summed E-state index contributed by atoms with van der Waals surface area (Å²) < 4.78 is 12.4. The first-order chi connectivity index (χ1) is 13.4. The molecule has 28 heavy (non-hydrogen) atoms. The van der Waals surface area contributed by atoms with Crippen LogP contribution in [0.25, 0.3) is 10.2 Å². The Morgan fingerprint density at radius 3 is 2.86 bits per heavy atom. The third-order valence-electron chi connectivity index (χ3n) is 4.26. The molecule has 1 atom stereocenters. The standard InChI is InChI=1S/C19H17ClN4O3S/c1-10-14-8-16(19(25)26-11(2)17-21-12(3)23-27-17)28-18(14)24(22-10)9-13-6-4-5-7-15(13)20/h4-8,11H,9H2,1-3H3. The van der Waals surface area contributed by atoms with E-state index in [9.17, 15) is 4.79 Å². The van der Waals surface area contributed by atoms with Crippen LogP contribution in [0.3, 0.4) is 0 Å². The Kier molecular flexibility index (Phi) is 4.91.